The average molecular weight is 509 g/mol. The molecule has 1 saturated heterocycles. The molecule has 37 heavy (non-hydrogen) atoms. The van der Waals surface area contributed by atoms with Crippen molar-refractivity contribution in [3.8, 4) is 0 Å². The second-order valence-corrected chi connectivity index (χ2v) is 11.3. The minimum atomic E-state index is -0.594. The lowest BCUT2D eigenvalue weighted by Gasteiger charge is -2.49. The Kier molecular flexibility index (Phi) is 7.38. The van der Waals surface area contributed by atoms with Gasteiger partial charge in [0.1, 0.15) is 0 Å². The zero-order valence-electron chi connectivity index (χ0n) is 22.2. The standard InChI is InChI=1S/C28H40N6O3/c1-33(2)28(21-10-5-4-6-11-21)14-12-27(13-15-28)17-24(31-32-27)34-19-29-18-23(37-3)25(34)30-26(36)22(35)16-20-8-7-9-20/h4-6,10-11,18-20,24-25,31-32H,7-9,12-17H2,1-3H3,(H,30,36)/t24-,25?,27?,28?/m1/s1. The van der Waals surface area contributed by atoms with Gasteiger partial charge in [-0.1, -0.05) is 36.8 Å². The van der Waals surface area contributed by atoms with Crippen LogP contribution in [-0.4, -0.2) is 66.9 Å². The molecule has 1 amide bonds. The lowest BCUT2D eigenvalue weighted by molar-refractivity contribution is -0.139. The van der Waals surface area contributed by atoms with E-state index in [2.05, 4.69) is 70.5 Å². The predicted octanol–water partition coefficient (Wildman–Crippen LogP) is 2.61. The van der Waals surface area contributed by atoms with Crippen molar-refractivity contribution in [2.24, 2.45) is 10.9 Å². The SMILES string of the molecule is COC1=CN=CN([C@@H]2CC3(CCC(c4ccccc4)(N(C)C)CC3)NN2)C1NC(=O)C(=O)CC1CCC1. The van der Waals surface area contributed by atoms with Gasteiger partial charge in [-0.15, -0.1) is 0 Å². The van der Waals surface area contributed by atoms with Gasteiger partial charge >= 0.3 is 0 Å². The van der Waals surface area contributed by atoms with Crippen LogP contribution in [0, 0.1) is 5.92 Å². The summed E-state index contributed by atoms with van der Waals surface area (Å²) in [4.78, 5) is 34.1. The average Bonchev–Trinajstić information content (AvgIpc) is 3.30. The Hall–Kier alpha value is -2.75. The summed E-state index contributed by atoms with van der Waals surface area (Å²) in [5, 5.41) is 2.92. The summed E-state index contributed by atoms with van der Waals surface area (Å²) in [6, 6.07) is 10.8. The molecule has 3 N–H and O–H groups in total. The van der Waals surface area contributed by atoms with E-state index in [0.717, 1.165) is 51.4 Å². The van der Waals surface area contributed by atoms with Gasteiger partial charge in [-0.25, -0.2) is 15.8 Å². The Morgan fingerprint density at radius 3 is 2.51 bits per heavy atom. The van der Waals surface area contributed by atoms with Crippen molar-refractivity contribution in [1.29, 1.82) is 0 Å². The number of carbonyl (C=O) groups excluding carboxylic acids is 2. The van der Waals surface area contributed by atoms with E-state index in [9.17, 15) is 9.59 Å². The van der Waals surface area contributed by atoms with Crippen LogP contribution in [0.5, 0.6) is 0 Å². The van der Waals surface area contributed by atoms with Crippen LogP contribution in [-0.2, 0) is 19.9 Å². The van der Waals surface area contributed by atoms with Crippen molar-refractivity contribution in [3.05, 3.63) is 47.9 Å². The molecule has 2 heterocycles. The van der Waals surface area contributed by atoms with Gasteiger partial charge in [0.25, 0.3) is 5.91 Å². The molecule has 9 heteroatoms. The molecule has 4 aliphatic rings. The summed E-state index contributed by atoms with van der Waals surface area (Å²) in [5.41, 5.74) is 8.39. The molecule has 0 radical (unpaired) electrons. The minimum absolute atomic E-state index is 0.0160. The molecule has 2 aliphatic heterocycles. The first-order chi connectivity index (χ1) is 17.9. The molecule has 5 rings (SSSR count). The number of carbonyl (C=O) groups is 2. The zero-order valence-corrected chi connectivity index (χ0v) is 22.2. The van der Waals surface area contributed by atoms with Crippen molar-refractivity contribution in [1.82, 2.24) is 26.0 Å². The second-order valence-electron chi connectivity index (χ2n) is 11.3. The van der Waals surface area contributed by atoms with Gasteiger partial charge in [0.05, 0.1) is 25.8 Å². The van der Waals surface area contributed by atoms with Gasteiger partial charge in [-0.05, 0) is 64.1 Å². The van der Waals surface area contributed by atoms with Gasteiger partial charge in [0.15, 0.2) is 11.9 Å². The minimum Gasteiger partial charge on any atom is -0.495 e. The van der Waals surface area contributed by atoms with Gasteiger partial charge in [0, 0.05) is 23.9 Å². The van der Waals surface area contributed by atoms with E-state index in [1.54, 1.807) is 19.6 Å². The molecule has 2 aliphatic carbocycles. The number of rotatable bonds is 8. The summed E-state index contributed by atoms with van der Waals surface area (Å²) >= 11 is 0. The van der Waals surface area contributed by atoms with Gasteiger partial charge < -0.3 is 15.0 Å². The molecule has 1 aromatic rings. The van der Waals surface area contributed by atoms with Crippen molar-refractivity contribution >= 4 is 18.0 Å². The summed E-state index contributed by atoms with van der Waals surface area (Å²) in [5.74, 6) is -0.0620. The molecule has 2 saturated carbocycles. The smallest absolute Gasteiger partial charge is 0.289 e. The van der Waals surface area contributed by atoms with E-state index in [0.29, 0.717) is 18.1 Å². The number of ether oxygens (including phenoxy) is 1. The van der Waals surface area contributed by atoms with Crippen LogP contribution in [0.25, 0.3) is 0 Å². The fourth-order valence-corrected chi connectivity index (χ4v) is 6.40. The zero-order chi connectivity index (χ0) is 26.0. The number of Topliss-reactive ketones (excluding diaryl/α,β-unsaturated/α-hetero) is 1. The number of methoxy groups -OCH3 is 1. The van der Waals surface area contributed by atoms with E-state index in [4.69, 9.17) is 4.74 Å². The molecule has 0 aromatic heterocycles. The topological polar surface area (TPSA) is 98.3 Å². The third kappa shape index (κ3) is 5.04. The number of hydrogen-bond acceptors (Lipinski definition) is 8. The van der Waals surface area contributed by atoms with Crippen molar-refractivity contribution in [3.63, 3.8) is 0 Å². The molecule has 9 nitrogen and oxygen atoms in total. The monoisotopic (exact) mass is 508 g/mol. The Morgan fingerprint density at radius 2 is 1.89 bits per heavy atom. The van der Waals surface area contributed by atoms with Crippen molar-refractivity contribution < 1.29 is 14.3 Å². The van der Waals surface area contributed by atoms with E-state index < -0.39 is 12.1 Å². The first kappa shape index (κ1) is 25.9. The van der Waals surface area contributed by atoms with Crippen molar-refractivity contribution in [2.45, 2.75) is 81.2 Å². The third-order valence-corrected chi connectivity index (χ3v) is 9.07. The predicted molar refractivity (Wildman–Crippen MR) is 142 cm³/mol. The molecule has 0 bridgehead atoms. The number of hydrazine groups is 1. The molecule has 1 spiro atoms. The summed E-state index contributed by atoms with van der Waals surface area (Å²) in [6.07, 6.45) is 11.1. The highest BCUT2D eigenvalue weighted by Crippen LogP contribution is 2.47. The quantitative estimate of drug-likeness (QED) is 0.465. The molecule has 3 fully saturated rings. The van der Waals surface area contributed by atoms with E-state index >= 15 is 0 Å². The lowest BCUT2D eigenvalue weighted by atomic mass is 9.68. The maximum Gasteiger partial charge on any atom is 0.289 e. The van der Waals surface area contributed by atoms with Crippen LogP contribution in [0.4, 0.5) is 0 Å². The van der Waals surface area contributed by atoms with Crippen molar-refractivity contribution in [2.75, 3.05) is 21.2 Å². The number of benzene rings is 1. The second kappa shape index (κ2) is 10.6. The fourth-order valence-electron chi connectivity index (χ4n) is 6.40. The Morgan fingerprint density at radius 1 is 1.16 bits per heavy atom. The van der Waals surface area contributed by atoms with E-state index in [1.807, 2.05) is 4.90 Å². The molecule has 1 unspecified atom stereocenters. The highest BCUT2D eigenvalue weighted by atomic mass is 16.5. The lowest BCUT2D eigenvalue weighted by Crippen LogP contribution is -2.58. The van der Waals surface area contributed by atoms with E-state index in [-0.39, 0.29) is 23.0 Å². The number of ketones is 1. The summed E-state index contributed by atoms with van der Waals surface area (Å²) < 4.78 is 5.55. The number of hydrogen-bond donors (Lipinski definition) is 3. The van der Waals surface area contributed by atoms with Gasteiger partial charge in [-0.2, -0.15) is 0 Å². The first-order valence-electron chi connectivity index (χ1n) is 13.5. The molecule has 200 valence electrons. The maximum atomic E-state index is 12.8. The van der Waals surface area contributed by atoms with Gasteiger partial charge in [0.2, 0.25) is 5.78 Å². The normalized spacial score (nSPS) is 31.8. The number of aliphatic imine (C=N–C) groups is 1. The van der Waals surface area contributed by atoms with Gasteiger partial charge in [-0.3, -0.25) is 14.5 Å². The molecular weight excluding hydrogens is 468 g/mol. The summed E-state index contributed by atoms with van der Waals surface area (Å²) in [7, 11) is 5.92. The maximum absolute atomic E-state index is 12.8. The Bertz CT molecular complexity index is 1040. The summed E-state index contributed by atoms with van der Waals surface area (Å²) in [6.45, 7) is 0. The van der Waals surface area contributed by atoms with Crippen LogP contribution < -0.4 is 16.2 Å². The first-order valence-corrected chi connectivity index (χ1v) is 13.5. The Labute approximate surface area is 219 Å². The highest BCUT2D eigenvalue weighted by Gasteiger charge is 2.50. The van der Waals surface area contributed by atoms with Crippen LogP contribution >= 0.6 is 0 Å². The molecular formula is C28H40N6O3. The third-order valence-electron chi connectivity index (χ3n) is 9.07. The number of nitrogens with one attached hydrogen (secondary N) is 3. The van der Waals surface area contributed by atoms with E-state index in [1.165, 1.54) is 5.56 Å². The fraction of sp³-hybridized carbons (Fsp3) is 0.607. The number of amides is 1. The largest absolute Gasteiger partial charge is 0.495 e. The van der Waals surface area contributed by atoms with Crippen LogP contribution in [0.15, 0.2) is 47.3 Å². The van der Waals surface area contributed by atoms with Crippen LogP contribution in [0.3, 0.4) is 0 Å². The van der Waals surface area contributed by atoms with Crippen LogP contribution in [0.2, 0.25) is 0 Å². The van der Waals surface area contributed by atoms with Crippen LogP contribution in [0.1, 0.15) is 63.4 Å². The molecule has 2 atom stereocenters. The number of nitrogens with zero attached hydrogens (tertiary/aromatic N) is 3. The Balaban J connectivity index is 1.26. The highest BCUT2D eigenvalue weighted by molar-refractivity contribution is 6.36. The molecule has 1 aromatic carbocycles.